The largest absolute Gasteiger partial charge is 0.396 e. The molecular weight excluding hydrogens is 364 g/mol. The molecule has 0 heterocycles. The van der Waals surface area contributed by atoms with Gasteiger partial charge < -0.3 is 5.11 Å². The van der Waals surface area contributed by atoms with Crippen LogP contribution in [0, 0.1) is 0 Å². The molecule has 9 heteroatoms. The van der Waals surface area contributed by atoms with E-state index in [9.17, 15) is 16.8 Å². The smallest absolute Gasteiger partial charge is 0.270 e. The van der Waals surface area contributed by atoms with E-state index in [2.05, 4.69) is 6.92 Å². The molecule has 2 saturated carbocycles. The van der Waals surface area contributed by atoms with E-state index in [1.165, 1.54) is 0 Å². The lowest BCUT2D eigenvalue weighted by atomic mass is 10.4. The monoisotopic (exact) mass is 392 g/mol. The Hall–Kier alpha value is 0.110. The predicted octanol–water partition coefficient (Wildman–Crippen LogP) is 2.79. The van der Waals surface area contributed by atoms with Crippen LogP contribution < -0.4 is 0 Å². The fourth-order valence-corrected chi connectivity index (χ4v) is 3.77. The molecule has 0 aromatic heterocycles. The Bertz CT molecular complexity index is 493. The maximum atomic E-state index is 11.0. The number of hydrogen-bond acceptors (Lipinski definition) is 6. The summed E-state index contributed by atoms with van der Waals surface area (Å²) in [4.78, 5) is 0. The Kier molecular flexibility index (Phi) is 11.7. The number of rotatable bonds is 8. The highest BCUT2D eigenvalue weighted by atomic mass is 35.7. The zero-order valence-corrected chi connectivity index (χ0v) is 16.3. The van der Waals surface area contributed by atoms with Crippen LogP contribution in [0.25, 0.3) is 0 Å². The van der Waals surface area contributed by atoms with Gasteiger partial charge >= 0.3 is 0 Å². The second-order valence-electron chi connectivity index (χ2n) is 5.62. The number of aliphatic hydroxyl groups is 1. The third-order valence-electron chi connectivity index (χ3n) is 3.11. The van der Waals surface area contributed by atoms with E-state index in [0.717, 1.165) is 51.4 Å². The van der Waals surface area contributed by atoms with Crippen LogP contribution in [0.4, 0.5) is 0 Å². The van der Waals surface area contributed by atoms with Crippen molar-refractivity contribution in [3.05, 3.63) is 0 Å². The first-order chi connectivity index (χ1) is 10.7. The quantitative estimate of drug-likeness (QED) is 0.387. The van der Waals surface area contributed by atoms with E-state index in [1.807, 2.05) is 6.92 Å². The average molecular weight is 393 g/mol. The standard InChI is InChI=1S/C7H14O3S.C4H10O.C3H5ClO2S/c1-2-3-6-10-11(8,9)7-4-5-7;1-2-3-4-5;4-7(5,6)3-1-2-3/h7H,2-6H2,1H3;5H,2-4H2,1H3;3H,1-2H2. The van der Waals surface area contributed by atoms with Crippen LogP contribution in [0.2, 0.25) is 0 Å². The van der Waals surface area contributed by atoms with E-state index in [0.29, 0.717) is 13.2 Å². The molecule has 0 saturated heterocycles. The van der Waals surface area contributed by atoms with E-state index < -0.39 is 19.2 Å². The third-order valence-corrected chi connectivity index (χ3v) is 6.92. The first-order valence-corrected chi connectivity index (χ1v) is 12.0. The summed E-state index contributed by atoms with van der Waals surface area (Å²) >= 11 is 0. The first-order valence-electron chi connectivity index (χ1n) is 8.11. The molecule has 0 amide bonds. The fourth-order valence-electron chi connectivity index (χ4n) is 1.28. The Morgan fingerprint density at radius 3 is 1.65 bits per heavy atom. The Morgan fingerprint density at radius 1 is 0.957 bits per heavy atom. The van der Waals surface area contributed by atoms with Crippen molar-refractivity contribution in [3.8, 4) is 0 Å². The highest BCUT2D eigenvalue weighted by Gasteiger charge is 2.36. The van der Waals surface area contributed by atoms with Crippen molar-refractivity contribution >= 4 is 29.9 Å². The lowest BCUT2D eigenvalue weighted by Gasteiger charge is -2.01. The van der Waals surface area contributed by atoms with Crippen LogP contribution in [0.3, 0.4) is 0 Å². The molecule has 0 bridgehead atoms. The maximum absolute atomic E-state index is 11.0. The third kappa shape index (κ3) is 13.1. The van der Waals surface area contributed by atoms with Crippen LogP contribution in [0.1, 0.15) is 65.2 Å². The zero-order valence-electron chi connectivity index (χ0n) is 13.9. The van der Waals surface area contributed by atoms with Crippen molar-refractivity contribution in [2.45, 2.75) is 75.7 Å². The molecule has 1 N–H and O–H groups in total. The molecule has 140 valence electrons. The molecule has 2 rings (SSSR count). The van der Waals surface area contributed by atoms with Crippen LogP contribution in [0.5, 0.6) is 0 Å². The van der Waals surface area contributed by atoms with Crippen molar-refractivity contribution in [2.75, 3.05) is 13.2 Å². The molecule has 2 fully saturated rings. The minimum Gasteiger partial charge on any atom is -0.396 e. The van der Waals surface area contributed by atoms with Gasteiger partial charge in [-0.05, 0) is 38.5 Å². The molecule has 23 heavy (non-hydrogen) atoms. The van der Waals surface area contributed by atoms with Gasteiger partial charge in [0.25, 0.3) is 10.1 Å². The van der Waals surface area contributed by atoms with Crippen LogP contribution in [0.15, 0.2) is 0 Å². The number of hydrogen-bond donors (Lipinski definition) is 1. The summed E-state index contributed by atoms with van der Waals surface area (Å²) in [7, 11) is -1.41. The zero-order chi connectivity index (χ0) is 17.9. The average Bonchev–Trinajstić information content (AvgIpc) is 3.32. The van der Waals surface area contributed by atoms with Gasteiger partial charge in [0.15, 0.2) is 0 Å². The molecule has 0 unspecified atom stereocenters. The van der Waals surface area contributed by atoms with Crippen LogP contribution >= 0.6 is 10.7 Å². The summed E-state index contributed by atoms with van der Waals surface area (Å²) in [6, 6.07) is 0. The molecule has 0 aromatic carbocycles. The van der Waals surface area contributed by atoms with Gasteiger partial charge in [-0.3, -0.25) is 4.18 Å². The number of aliphatic hydroxyl groups excluding tert-OH is 1. The molecule has 0 spiro atoms. The van der Waals surface area contributed by atoms with Gasteiger partial charge in [0.2, 0.25) is 9.05 Å². The Balaban J connectivity index is 0.000000347. The lowest BCUT2D eigenvalue weighted by Crippen LogP contribution is -2.11. The molecule has 2 aliphatic carbocycles. The second-order valence-corrected chi connectivity index (χ2v) is 10.4. The van der Waals surface area contributed by atoms with Gasteiger partial charge in [0.1, 0.15) is 0 Å². The lowest BCUT2D eigenvalue weighted by molar-refractivity contribution is 0.287. The summed E-state index contributed by atoms with van der Waals surface area (Å²) in [5.74, 6) is 0. The van der Waals surface area contributed by atoms with Gasteiger partial charge in [0, 0.05) is 17.3 Å². The Morgan fingerprint density at radius 2 is 1.43 bits per heavy atom. The van der Waals surface area contributed by atoms with E-state index in [1.54, 1.807) is 0 Å². The molecule has 6 nitrogen and oxygen atoms in total. The van der Waals surface area contributed by atoms with Crippen molar-refractivity contribution < 1.29 is 26.1 Å². The SMILES string of the molecule is CCCCO.CCCCOS(=O)(=O)C1CC1.O=S(=O)(Cl)C1CC1. The minimum absolute atomic E-state index is 0.181. The molecule has 0 aliphatic heterocycles. The molecule has 0 atom stereocenters. The van der Waals surface area contributed by atoms with Gasteiger partial charge in [-0.15, -0.1) is 0 Å². The Labute approximate surface area is 145 Å². The van der Waals surface area contributed by atoms with Gasteiger partial charge in [-0.2, -0.15) is 8.42 Å². The number of halogens is 1. The fraction of sp³-hybridized carbons (Fsp3) is 1.00. The van der Waals surface area contributed by atoms with Gasteiger partial charge in [-0.25, -0.2) is 8.42 Å². The summed E-state index contributed by atoms with van der Waals surface area (Å²) in [5.41, 5.74) is 0. The first kappa shape index (κ1) is 23.1. The van der Waals surface area contributed by atoms with Crippen LogP contribution in [-0.2, 0) is 23.4 Å². The van der Waals surface area contributed by atoms with Gasteiger partial charge in [0.05, 0.1) is 17.1 Å². The summed E-state index contributed by atoms with van der Waals surface area (Å²) < 4.78 is 47.2. The van der Waals surface area contributed by atoms with Crippen LogP contribution in [-0.4, -0.2) is 45.7 Å². The topological polar surface area (TPSA) is 97.7 Å². The maximum Gasteiger partial charge on any atom is 0.270 e. The normalized spacial score (nSPS) is 17.6. The second kappa shape index (κ2) is 11.6. The molecule has 2 aliphatic rings. The molecule has 0 radical (unpaired) electrons. The molecular formula is C14H29ClO6S2. The van der Waals surface area contributed by atoms with Crippen molar-refractivity contribution in [2.24, 2.45) is 0 Å². The summed E-state index contributed by atoms with van der Waals surface area (Å²) in [6.07, 6.45) is 6.92. The van der Waals surface area contributed by atoms with Crippen molar-refractivity contribution in [1.82, 2.24) is 0 Å². The van der Waals surface area contributed by atoms with E-state index in [-0.39, 0.29) is 10.5 Å². The van der Waals surface area contributed by atoms with E-state index in [4.69, 9.17) is 20.0 Å². The number of unbranched alkanes of at least 4 members (excludes halogenated alkanes) is 2. The predicted molar refractivity (Wildman–Crippen MR) is 92.6 cm³/mol. The van der Waals surface area contributed by atoms with Crippen molar-refractivity contribution in [3.63, 3.8) is 0 Å². The highest BCUT2D eigenvalue weighted by molar-refractivity contribution is 8.14. The van der Waals surface area contributed by atoms with Gasteiger partial charge in [-0.1, -0.05) is 26.7 Å². The van der Waals surface area contributed by atoms with E-state index >= 15 is 0 Å². The summed E-state index contributed by atoms with van der Waals surface area (Å²) in [6.45, 7) is 4.76. The van der Waals surface area contributed by atoms with Crippen molar-refractivity contribution in [1.29, 1.82) is 0 Å². The summed E-state index contributed by atoms with van der Waals surface area (Å²) in [5, 5.41) is 7.67. The molecule has 0 aromatic rings. The minimum atomic E-state index is -3.16. The highest BCUT2D eigenvalue weighted by Crippen LogP contribution is 2.30.